The zero-order chi connectivity index (χ0) is 11.8. The van der Waals surface area contributed by atoms with Crippen LogP contribution in [0.2, 0.25) is 0 Å². The predicted molar refractivity (Wildman–Crippen MR) is 66.9 cm³/mol. The fourth-order valence-electron chi connectivity index (χ4n) is 1.87. The van der Waals surface area contributed by atoms with Gasteiger partial charge in [0.15, 0.2) is 0 Å². The summed E-state index contributed by atoms with van der Waals surface area (Å²) in [4.78, 5) is 4.13. The van der Waals surface area contributed by atoms with Crippen molar-refractivity contribution in [1.82, 2.24) is 19.6 Å². The maximum Gasteiger partial charge on any atom is 0.146 e. The first kappa shape index (κ1) is 10.5. The zero-order valence-electron chi connectivity index (χ0n) is 9.47. The van der Waals surface area contributed by atoms with Crippen molar-refractivity contribution in [2.75, 3.05) is 11.1 Å². The fourth-order valence-corrected chi connectivity index (χ4v) is 2.76. The first-order valence-corrected chi connectivity index (χ1v) is 6.40. The lowest BCUT2D eigenvalue weighted by atomic mass is 10.2. The molecule has 6 nitrogen and oxygen atoms in total. The quantitative estimate of drug-likeness (QED) is 0.770. The summed E-state index contributed by atoms with van der Waals surface area (Å²) >= 11 is 1.42. The molecule has 2 aromatic heterocycles. The monoisotopic (exact) mass is 250 g/mol. The van der Waals surface area contributed by atoms with Crippen LogP contribution in [-0.4, -0.2) is 19.6 Å². The van der Waals surface area contributed by atoms with E-state index < -0.39 is 0 Å². The van der Waals surface area contributed by atoms with Gasteiger partial charge in [-0.25, -0.2) is 4.98 Å². The number of rotatable bonds is 4. The predicted octanol–water partition coefficient (Wildman–Crippen LogP) is 1.89. The topological polar surface area (TPSA) is 92.5 Å². The highest BCUT2D eigenvalue weighted by Crippen LogP contribution is 2.48. The third kappa shape index (κ3) is 1.97. The molecule has 3 rings (SSSR count). The molecule has 0 aliphatic heterocycles. The van der Waals surface area contributed by atoms with Gasteiger partial charge < -0.3 is 11.1 Å². The molecule has 0 spiro atoms. The second kappa shape index (κ2) is 3.99. The van der Waals surface area contributed by atoms with Gasteiger partial charge in [-0.1, -0.05) is 0 Å². The molecule has 1 aliphatic rings. The number of aromatic amines is 1. The number of nitrogen functional groups attached to an aromatic ring is 1. The van der Waals surface area contributed by atoms with Crippen molar-refractivity contribution in [3.8, 4) is 0 Å². The standard InChI is InChI=1S/C10H14N6S/c1-5(9-12-4-13-15-9)14-10-7(6-2-3-6)8(11)16-17-10/h4-6,14H,2-3H2,1H3,(H2,11,16)(H,12,13,15). The van der Waals surface area contributed by atoms with Gasteiger partial charge in [0, 0.05) is 5.56 Å². The van der Waals surface area contributed by atoms with Crippen molar-refractivity contribution < 1.29 is 0 Å². The van der Waals surface area contributed by atoms with E-state index in [0.29, 0.717) is 11.7 Å². The molecule has 2 aromatic rings. The first-order chi connectivity index (χ1) is 8.25. The van der Waals surface area contributed by atoms with Crippen LogP contribution in [0.3, 0.4) is 0 Å². The van der Waals surface area contributed by atoms with E-state index in [9.17, 15) is 0 Å². The van der Waals surface area contributed by atoms with E-state index in [-0.39, 0.29) is 6.04 Å². The Kier molecular flexibility index (Phi) is 2.47. The van der Waals surface area contributed by atoms with Gasteiger partial charge >= 0.3 is 0 Å². The molecule has 1 saturated carbocycles. The SMILES string of the molecule is CC(Nc1snc(N)c1C1CC1)c1ncn[nH]1. The zero-order valence-corrected chi connectivity index (χ0v) is 10.3. The van der Waals surface area contributed by atoms with Crippen LogP contribution in [0, 0.1) is 0 Å². The largest absolute Gasteiger partial charge is 0.383 e. The molecule has 0 saturated heterocycles. The van der Waals surface area contributed by atoms with Crippen molar-refractivity contribution in [1.29, 1.82) is 0 Å². The van der Waals surface area contributed by atoms with Crippen LogP contribution in [0.15, 0.2) is 6.33 Å². The van der Waals surface area contributed by atoms with Crippen LogP contribution in [-0.2, 0) is 0 Å². The lowest BCUT2D eigenvalue weighted by Gasteiger charge is -2.11. The molecule has 0 bridgehead atoms. The lowest BCUT2D eigenvalue weighted by Crippen LogP contribution is -2.08. The highest BCUT2D eigenvalue weighted by molar-refractivity contribution is 7.10. The van der Waals surface area contributed by atoms with Crippen LogP contribution >= 0.6 is 11.5 Å². The van der Waals surface area contributed by atoms with E-state index in [4.69, 9.17) is 5.73 Å². The van der Waals surface area contributed by atoms with Gasteiger partial charge in [-0.05, 0) is 37.2 Å². The van der Waals surface area contributed by atoms with Crippen LogP contribution in [0.4, 0.5) is 10.8 Å². The van der Waals surface area contributed by atoms with Crippen molar-refractivity contribution in [2.24, 2.45) is 0 Å². The molecular formula is C10H14N6S. The first-order valence-electron chi connectivity index (χ1n) is 5.62. The third-order valence-corrected chi connectivity index (χ3v) is 3.74. The third-order valence-electron chi connectivity index (χ3n) is 2.93. The molecule has 0 amide bonds. The van der Waals surface area contributed by atoms with Crippen LogP contribution in [0.1, 0.15) is 43.1 Å². The summed E-state index contributed by atoms with van der Waals surface area (Å²) in [6.45, 7) is 2.03. The van der Waals surface area contributed by atoms with E-state index in [0.717, 1.165) is 10.8 Å². The second-order valence-corrected chi connectivity index (χ2v) is 5.10. The maximum absolute atomic E-state index is 5.90. The van der Waals surface area contributed by atoms with Crippen molar-refractivity contribution in [3.63, 3.8) is 0 Å². The second-order valence-electron chi connectivity index (χ2n) is 4.32. The minimum absolute atomic E-state index is 0.0786. The fraction of sp³-hybridized carbons (Fsp3) is 0.500. The summed E-state index contributed by atoms with van der Waals surface area (Å²) in [6.07, 6.45) is 3.94. The van der Waals surface area contributed by atoms with E-state index >= 15 is 0 Å². The van der Waals surface area contributed by atoms with Crippen molar-refractivity contribution in [3.05, 3.63) is 17.7 Å². The Morgan fingerprint density at radius 3 is 3.06 bits per heavy atom. The molecule has 1 unspecified atom stereocenters. The number of nitrogens with zero attached hydrogens (tertiary/aromatic N) is 3. The smallest absolute Gasteiger partial charge is 0.146 e. The molecule has 1 aliphatic carbocycles. The number of aromatic nitrogens is 4. The molecule has 2 heterocycles. The summed E-state index contributed by atoms with van der Waals surface area (Å²) in [6, 6.07) is 0.0786. The molecule has 0 aromatic carbocycles. The van der Waals surface area contributed by atoms with Gasteiger partial charge in [-0.3, -0.25) is 5.10 Å². The van der Waals surface area contributed by atoms with Crippen LogP contribution in [0.25, 0.3) is 0 Å². The number of nitrogens with two attached hydrogens (primary N) is 1. The molecule has 17 heavy (non-hydrogen) atoms. The van der Waals surface area contributed by atoms with Gasteiger partial charge in [0.1, 0.15) is 23.0 Å². The Morgan fingerprint density at radius 2 is 2.41 bits per heavy atom. The Morgan fingerprint density at radius 1 is 1.59 bits per heavy atom. The normalized spacial score (nSPS) is 17.0. The highest BCUT2D eigenvalue weighted by Gasteiger charge is 2.31. The van der Waals surface area contributed by atoms with Crippen LogP contribution in [0.5, 0.6) is 0 Å². The number of H-pyrrole nitrogens is 1. The summed E-state index contributed by atoms with van der Waals surface area (Å²) in [5, 5.41) is 11.2. The molecule has 4 N–H and O–H groups in total. The molecule has 0 radical (unpaired) electrons. The van der Waals surface area contributed by atoms with Crippen molar-refractivity contribution >= 4 is 22.4 Å². The van der Waals surface area contributed by atoms with Gasteiger partial charge in [0.2, 0.25) is 0 Å². The molecular weight excluding hydrogens is 236 g/mol. The van der Waals surface area contributed by atoms with Crippen molar-refractivity contribution in [2.45, 2.75) is 31.7 Å². The average molecular weight is 250 g/mol. The number of hydrogen-bond acceptors (Lipinski definition) is 6. The van der Waals surface area contributed by atoms with E-state index in [1.165, 1.54) is 36.3 Å². The Balaban J connectivity index is 1.81. The molecule has 1 atom stereocenters. The summed E-state index contributed by atoms with van der Waals surface area (Å²) in [5.41, 5.74) is 7.08. The maximum atomic E-state index is 5.90. The van der Waals surface area contributed by atoms with Gasteiger partial charge in [-0.15, -0.1) is 0 Å². The average Bonchev–Trinajstić information content (AvgIpc) is 2.87. The van der Waals surface area contributed by atoms with Gasteiger partial charge in [-0.2, -0.15) is 9.47 Å². The summed E-state index contributed by atoms with van der Waals surface area (Å²) < 4.78 is 4.22. The number of hydrogen-bond donors (Lipinski definition) is 3. The summed E-state index contributed by atoms with van der Waals surface area (Å²) in [5.74, 6) is 2.08. The van der Waals surface area contributed by atoms with Gasteiger partial charge in [0.25, 0.3) is 0 Å². The van der Waals surface area contributed by atoms with E-state index in [2.05, 4.69) is 24.9 Å². The number of anilines is 2. The molecule has 90 valence electrons. The van der Waals surface area contributed by atoms with E-state index in [1.807, 2.05) is 6.92 Å². The van der Waals surface area contributed by atoms with Crippen LogP contribution < -0.4 is 11.1 Å². The van der Waals surface area contributed by atoms with Gasteiger partial charge in [0.05, 0.1) is 6.04 Å². The Bertz CT molecular complexity index is 501. The molecule has 7 heteroatoms. The highest BCUT2D eigenvalue weighted by atomic mass is 32.1. The Labute approximate surface area is 103 Å². The summed E-state index contributed by atoms with van der Waals surface area (Å²) in [7, 11) is 0. The number of nitrogens with one attached hydrogen (secondary N) is 2. The van der Waals surface area contributed by atoms with E-state index in [1.54, 1.807) is 0 Å². The minimum Gasteiger partial charge on any atom is -0.383 e. The molecule has 1 fully saturated rings. The Hall–Kier alpha value is -1.63. The lowest BCUT2D eigenvalue weighted by molar-refractivity contribution is 0.796. The minimum atomic E-state index is 0.0786.